The van der Waals surface area contributed by atoms with Gasteiger partial charge >= 0.3 is 6.16 Å². The molecule has 1 heterocycles. The van der Waals surface area contributed by atoms with Crippen molar-refractivity contribution in [2.75, 3.05) is 27.4 Å². The number of likely N-dealkylation sites (tertiary alicyclic amines) is 1. The molecule has 2 amide bonds. The number of halogens is 3. The van der Waals surface area contributed by atoms with Gasteiger partial charge in [0.15, 0.2) is 11.6 Å². The fraction of sp³-hybridized carbons (Fsp3) is 0.421. The minimum absolute atomic E-state index is 0.0136. The summed E-state index contributed by atoms with van der Waals surface area (Å²) in [6, 6.07) is 28.5. The molecule has 1 saturated heterocycles. The Hall–Kier alpha value is -7.74. The van der Waals surface area contributed by atoms with Crippen molar-refractivity contribution in [1.82, 2.24) is 9.80 Å². The minimum Gasteiger partial charge on any atom is -0.497 e. The highest BCUT2D eigenvalue weighted by atomic mass is 35.5. The van der Waals surface area contributed by atoms with Crippen LogP contribution in [-0.2, 0) is 56.6 Å². The van der Waals surface area contributed by atoms with E-state index in [0.29, 0.717) is 55.5 Å². The smallest absolute Gasteiger partial charge is 0.497 e. The van der Waals surface area contributed by atoms with Gasteiger partial charge < -0.3 is 43.2 Å². The van der Waals surface area contributed by atoms with E-state index in [9.17, 15) is 43.4 Å². The summed E-state index contributed by atoms with van der Waals surface area (Å²) >= 11 is 5.91. The van der Waals surface area contributed by atoms with Crippen LogP contribution in [0, 0.1) is 56.0 Å². The Labute approximate surface area is 456 Å². The SMILES string of the molecule is CC.COc1ccc(CN(C(=O)C(C)C2N(C=O)C3CC(COC(=O)Oc4cccc(CO[N+](=O)[O-])c4)CC32Cc2ccc(CCCOc3c(F)ccc(F)c3Cl)cc2)C2CC2)cc1C.COc1cccc(CO[N+](=O)[O-])c1. The summed E-state index contributed by atoms with van der Waals surface area (Å²) < 4.78 is 55.0. The summed E-state index contributed by atoms with van der Waals surface area (Å²) in [6.45, 7) is 8.09. The summed E-state index contributed by atoms with van der Waals surface area (Å²) in [5, 5.41) is 18.4. The van der Waals surface area contributed by atoms with Crippen molar-refractivity contribution < 1.29 is 66.7 Å². The summed E-state index contributed by atoms with van der Waals surface area (Å²) in [7, 11) is 3.16. The van der Waals surface area contributed by atoms with Gasteiger partial charge in [0.25, 0.3) is 10.2 Å². The zero-order valence-electron chi connectivity index (χ0n) is 44.4. The average molecular weight is 1100 g/mol. The molecular formula is C57H65ClF2N4O14. The van der Waals surface area contributed by atoms with Crippen molar-refractivity contribution >= 4 is 30.1 Å². The third-order valence-electron chi connectivity index (χ3n) is 14.0. The monoisotopic (exact) mass is 1100 g/mol. The van der Waals surface area contributed by atoms with Crippen LogP contribution in [0.4, 0.5) is 13.6 Å². The Morgan fingerprint density at radius 2 is 1.45 bits per heavy atom. The van der Waals surface area contributed by atoms with E-state index in [1.54, 1.807) is 48.4 Å². The van der Waals surface area contributed by atoms with E-state index in [0.717, 1.165) is 59.4 Å². The van der Waals surface area contributed by atoms with Crippen LogP contribution in [0.1, 0.15) is 86.3 Å². The lowest BCUT2D eigenvalue weighted by Crippen LogP contribution is -2.72. The number of carbonyl (C=O) groups is 3. The van der Waals surface area contributed by atoms with Gasteiger partial charge in [-0.3, -0.25) is 9.59 Å². The molecule has 3 aliphatic rings. The zero-order chi connectivity index (χ0) is 56.5. The average Bonchev–Trinajstić information content (AvgIpc) is 4.30. The van der Waals surface area contributed by atoms with Gasteiger partial charge in [0.2, 0.25) is 12.3 Å². The van der Waals surface area contributed by atoms with E-state index in [1.165, 1.54) is 19.2 Å². The molecule has 78 heavy (non-hydrogen) atoms. The highest BCUT2D eigenvalue weighted by Crippen LogP contribution is 2.60. The maximum Gasteiger partial charge on any atom is 0.513 e. The van der Waals surface area contributed by atoms with E-state index in [1.807, 2.05) is 75.1 Å². The lowest BCUT2D eigenvalue weighted by molar-refractivity contribution is -0.763. The molecule has 1 aliphatic heterocycles. The fourth-order valence-corrected chi connectivity index (χ4v) is 10.7. The minimum atomic E-state index is -0.943. The molecule has 8 rings (SSSR count). The molecule has 21 heteroatoms. The molecule has 0 bridgehead atoms. The number of ether oxygens (including phenoxy) is 5. The number of aryl methyl sites for hydroxylation is 2. The molecule has 0 N–H and O–H groups in total. The lowest BCUT2D eigenvalue weighted by atomic mass is 9.59. The third-order valence-corrected chi connectivity index (χ3v) is 14.3. The molecule has 3 fully saturated rings. The van der Waals surface area contributed by atoms with Crippen LogP contribution in [0.25, 0.3) is 0 Å². The van der Waals surface area contributed by atoms with Crippen LogP contribution >= 0.6 is 11.6 Å². The summed E-state index contributed by atoms with van der Waals surface area (Å²) in [5.41, 5.74) is 4.60. The standard InChI is InChI=1S/C47H50ClF2N3O10.C8H9NO4.C2H6/c1-29-20-33(13-18-40(29)59-3)25-51(36-14-15-36)45(55)30(2)44-47(23-32-11-9-31(10-12-32)7-5-19-60-43-39(50)17-16-38(49)42(43)48)24-35(22-41(47)52(44)28-54)26-61-46(56)63-37-8-4-6-34(21-37)27-62-53(57)58;1-12-8-4-2-3-7(5-8)6-13-9(10)11;1-2/h4,6,8-13,16-18,20-21,28,30,35-36,41,44H,5,7,14-15,19,22-27H2,1-3H3;2-5H,6H2,1H3;1-2H3. The molecule has 5 atom stereocenters. The van der Waals surface area contributed by atoms with E-state index < -0.39 is 50.4 Å². The molecule has 5 aromatic rings. The van der Waals surface area contributed by atoms with Gasteiger partial charge in [-0.15, -0.1) is 20.2 Å². The third kappa shape index (κ3) is 15.5. The number of fused-ring (bicyclic) bond motifs is 1. The molecule has 0 radical (unpaired) electrons. The molecule has 2 aliphatic carbocycles. The summed E-state index contributed by atoms with van der Waals surface area (Å²) in [5.74, 6) is -0.964. The van der Waals surface area contributed by atoms with Crippen LogP contribution in [0.15, 0.2) is 103 Å². The normalized spacial score (nSPS) is 18.2. The molecule has 5 unspecified atom stereocenters. The number of hydrogen-bond donors (Lipinski definition) is 0. The number of hydrogen-bond acceptors (Lipinski definition) is 14. The largest absolute Gasteiger partial charge is 0.513 e. The van der Waals surface area contributed by atoms with Gasteiger partial charge in [-0.2, -0.15) is 0 Å². The Kier molecular flexibility index (Phi) is 21.4. The van der Waals surface area contributed by atoms with Gasteiger partial charge in [0.05, 0.1) is 39.4 Å². The van der Waals surface area contributed by atoms with Crippen LogP contribution in [0.3, 0.4) is 0 Å². The van der Waals surface area contributed by atoms with Crippen LogP contribution in [0.5, 0.6) is 23.0 Å². The predicted octanol–water partition coefficient (Wildman–Crippen LogP) is 11.3. The first kappa shape index (κ1) is 59.5. The fourth-order valence-electron chi connectivity index (χ4n) is 10.5. The van der Waals surface area contributed by atoms with Gasteiger partial charge in [0.1, 0.15) is 41.3 Å². The zero-order valence-corrected chi connectivity index (χ0v) is 45.2. The number of methoxy groups -OCH3 is 2. The van der Waals surface area contributed by atoms with Crippen molar-refractivity contribution in [3.8, 4) is 23.0 Å². The summed E-state index contributed by atoms with van der Waals surface area (Å²) in [4.78, 5) is 73.4. The second kappa shape index (κ2) is 28.1. The van der Waals surface area contributed by atoms with Gasteiger partial charge in [0, 0.05) is 24.0 Å². The highest BCUT2D eigenvalue weighted by Gasteiger charge is 2.66. The maximum atomic E-state index is 14.7. The Balaban J connectivity index is 0.000000571. The van der Waals surface area contributed by atoms with Crippen molar-refractivity contribution in [3.05, 3.63) is 173 Å². The Bertz CT molecular complexity index is 2860. The Morgan fingerprint density at radius 3 is 2.05 bits per heavy atom. The molecule has 18 nitrogen and oxygen atoms in total. The lowest BCUT2D eigenvalue weighted by Gasteiger charge is -2.62. The van der Waals surface area contributed by atoms with Crippen molar-refractivity contribution in [2.45, 2.75) is 111 Å². The second-order valence-electron chi connectivity index (χ2n) is 19.1. The number of rotatable bonds is 24. The highest BCUT2D eigenvalue weighted by molar-refractivity contribution is 6.32. The van der Waals surface area contributed by atoms with Gasteiger partial charge in [-0.1, -0.05) is 93.0 Å². The van der Waals surface area contributed by atoms with E-state index in [-0.39, 0.29) is 61.8 Å². The second-order valence-corrected chi connectivity index (χ2v) is 19.5. The van der Waals surface area contributed by atoms with Gasteiger partial charge in [-0.05, 0) is 134 Å². The van der Waals surface area contributed by atoms with E-state index >= 15 is 0 Å². The number of amides is 2. The Morgan fingerprint density at radius 1 is 0.833 bits per heavy atom. The predicted molar refractivity (Wildman–Crippen MR) is 283 cm³/mol. The van der Waals surface area contributed by atoms with Crippen molar-refractivity contribution in [3.63, 3.8) is 0 Å². The maximum absolute atomic E-state index is 14.7. The molecular weight excluding hydrogens is 1040 g/mol. The summed E-state index contributed by atoms with van der Waals surface area (Å²) in [6.07, 6.45) is 4.52. The van der Waals surface area contributed by atoms with Crippen LogP contribution in [0.2, 0.25) is 5.02 Å². The molecule has 0 spiro atoms. The van der Waals surface area contributed by atoms with Gasteiger partial charge in [-0.25, -0.2) is 13.6 Å². The molecule has 5 aromatic carbocycles. The first-order chi connectivity index (χ1) is 37.5. The van der Waals surface area contributed by atoms with Crippen LogP contribution < -0.4 is 18.9 Å². The van der Waals surface area contributed by atoms with Crippen LogP contribution in [-0.4, -0.2) is 84.0 Å². The number of carbonyl (C=O) groups excluding carboxylic acids is 3. The molecule has 418 valence electrons. The topological polar surface area (TPSA) is 209 Å². The van der Waals surface area contributed by atoms with E-state index in [2.05, 4.69) is 9.68 Å². The van der Waals surface area contributed by atoms with E-state index in [4.69, 9.17) is 35.3 Å². The number of benzene rings is 5. The number of nitrogens with zero attached hydrogens (tertiary/aromatic N) is 4. The first-order valence-corrected chi connectivity index (χ1v) is 26.0. The molecule has 2 saturated carbocycles. The first-order valence-electron chi connectivity index (χ1n) is 25.6. The molecule has 0 aromatic heterocycles. The van der Waals surface area contributed by atoms with Crippen molar-refractivity contribution in [1.29, 1.82) is 0 Å². The van der Waals surface area contributed by atoms with Crippen molar-refractivity contribution in [2.24, 2.45) is 17.3 Å². The quantitative estimate of drug-likeness (QED) is 0.0107.